The Hall–Kier alpha value is -2.74. The zero-order valence-electron chi connectivity index (χ0n) is 14.9. The van der Waals surface area contributed by atoms with Gasteiger partial charge >= 0.3 is 11.8 Å². The van der Waals surface area contributed by atoms with Crippen LogP contribution in [0.2, 0.25) is 0 Å². The van der Waals surface area contributed by atoms with Gasteiger partial charge in [-0.3, -0.25) is 14.3 Å². The highest BCUT2D eigenvalue weighted by Crippen LogP contribution is 2.19. The van der Waals surface area contributed by atoms with Crippen molar-refractivity contribution in [1.29, 1.82) is 0 Å². The summed E-state index contributed by atoms with van der Waals surface area (Å²) in [5, 5.41) is 8.05. The maximum Gasteiger partial charge on any atom is 0.316 e. The Morgan fingerprint density at radius 1 is 1.31 bits per heavy atom. The molecule has 1 aromatic heterocycles. The second-order valence-electron chi connectivity index (χ2n) is 6.60. The molecule has 1 fully saturated rings. The van der Waals surface area contributed by atoms with E-state index in [9.17, 15) is 9.59 Å². The first-order valence-corrected chi connectivity index (χ1v) is 8.79. The lowest BCUT2D eigenvalue weighted by molar-refractivity contribution is -0.145. The Kier molecular flexibility index (Phi) is 5.62. The number of rotatable bonds is 4. The van der Waals surface area contributed by atoms with Crippen molar-refractivity contribution < 1.29 is 9.59 Å². The predicted molar refractivity (Wildman–Crippen MR) is 97.1 cm³/mol. The smallest absolute Gasteiger partial charge is 0.316 e. The van der Waals surface area contributed by atoms with Crippen molar-refractivity contribution in [3.05, 3.63) is 42.2 Å². The second kappa shape index (κ2) is 8.09. The molecule has 0 bridgehead atoms. The summed E-state index contributed by atoms with van der Waals surface area (Å²) in [7, 11) is 1.63. The molecular weight excluding hydrogens is 332 g/mol. The maximum absolute atomic E-state index is 12.6. The van der Waals surface area contributed by atoms with Crippen LogP contribution in [0.25, 0.3) is 0 Å². The van der Waals surface area contributed by atoms with Crippen LogP contribution in [0.1, 0.15) is 18.5 Å². The first-order valence-electron chi connectivity index (χ1n) is 8.79. The molecule has 1 aliphatic heterocycles. The largest absolute Gasteiger partial charge is 0.334 e. The molecule has 0 spiro atoms. The van der Waals surface area contributed by atoms with Crippen molar-refractivity contribution >= 4 is 17.5 Å². The van der Waals surface area contributed by atoms with E-state index in [-0.39, 0.29) is 5.92 Å². The van der Waals surface area contributed by atoms with E-state index in [1.807, 2.05) is 36.5 Å². The molecule has 2 N–H and O–H groups in total. The maximum atomic E-state index is 12.6. The van der Waals surface area contributed by atoms with Crippen molar-refractivity contribution in [2.45, 2.75) is 25.9 Å². The number of carbonyl (C=O) groups excluding carboxylic acids is 2. The summed E-state index contributed by atoms with van der Waals surface area (Å²) in [5.41, 5.74) is 7.01. The summed E-state index contributed by atoms with van der Waals surface area (Å²) < 4.78 is 1.76. The van der Waals surface area contributed by atoms with E-state index >= 15 is 0 Å². The minimum absolute atomic E-state index is 0.245. The van der Waals surface area contributed by atoms with Crippen molar-refractivity contribution in [3.63, 3.8) is 0 Å². The fourth-order valence-electron chi connectivity index (χ4n) is 3.23. The molecule has 0 radical (unpaired) electrons. The molecule has 2 aromatic rings. The first kappa shape index (κ1) is 18.1. The minimum atomic E-state index is -0.511. The Morgan fingerprint density at radius 2 is 2.08 bits per heavy atom. The minimum Gasteiger partial charge on any atom is -0.334 e. The van der Waals surface area contributed by atoms with E-state index in [0.717, 1.165) is 18.5 Å². The molecule has 8 nitrogen and oxygen atoms in total. The summed E-state index contributed by atoms with van der Waals surface area (Å²) >= 11 is 0. The van der Waals surface area contributed by atoms with E-state index in [0.29, 0.717) is 31.9 Å². The number of carbonyl (C=O) groups is 2. The summed E-state index contributed by atoms with van der Waals surface area (Å²) in [6.45, 7) is 2.18. The van der Waals surface area contributed by atoms with Crippen LogP contribution in [-0.4, -0.2) is 51.8 Å². The number of hydrogen-bond donors (Lipinski definition) is 1. The van der Waals surface area contributed by atoms with Crippen molar-refractivity contribution in [2.24, 2.45) is 11.7 Å². The highest BCUT2D eigenvalue weighted by Gasteiger charge is 2.30. The van der Waals surface area contributed by atoms with Gasteiger partial charge in [-0.05, 0) is 30.9 Å². The number of nitrogens with two attached hydrogens (primary N) is 1. The van der Waals surface area contributed by atoms with Gasteiger partial charge in [0.2, 0.25) is 0 Å². The molecule has 1 saturated heterocycles. The molecule has 1 unspecified atom stereocenters. The zero-order chi connectivity index (χ0) is 18.5. The van der Waals surface area contributed by atoms with E-state index in [1.165, 1.54) is 4.90 Å². The van der Waals surface area contributed by atoms with Gasteiger partial charge in [0.15, 0.2) is 0 Å². The normalized spacial score (nSPS) is 17.2. The lowest BCUT2D eigenvalue weighted by atomic mass is 9.98. The zero-order valence-corrected chi connectivity index (χ0v) is 14.9. The Labute approximate surface area is 152 Å². The third kappa shape index (κ3) is 4.08. The molecule has 26 heavy (non-hydrogen) atoms. The van der Waals surface area contributed by atoms with Gasteiger partial charge in [-0.1, -0.05) is 23.4 Å². The monoisotopic (exact) mass is 356 g/mol. The molecule has 2 amide bonds. The molecule has 2 heterocycles. The van der Waals surface area contributed by atoms with Crippen LogP contribution in [0, 0.1) is 5.92 Å². The van der Waals surface area contributed by atoms with Crippen LogP contribution in [0.3, 0.4) is 0 Å². The number of aromatic nitrogens is 3. The molecule has 1 atom stereocenters. The van der Waals surface area contributed by atoms with E-state index in [1.54, 1.807) is 16.6 Å². The Bertz CT molecular complexity index is 760. The fourth-order valence-corrected chi connectivity index (χ4v) is 3.23. The number of piperidine rings is 1. The highest BCUT2D eigenvalue weighted by atomic mass is 16.2. The van der Waals surface area contributed by atoms with Gasteiger partial charge in [-0.15, -0.1) is 5.10 Å². The van der Waals surface area contributed by atoms with Crippen LogP contribution in [0.5, 0.6) is 0 Å². The SMILES string of the molecule is CN(C(=O)C(=O)N1CCCC(Cn2cc(CN)nn2)C1)c1ccccc1. The molecule has 1 aliphatic rings. The lowest BCUT2D eigenvalue weighted by Gasteiger charge is -2.33. The molecule has 0 aliphatic carbocycles. The van der Waals surface area contributed by atoms with Gasteiger partial charge < -0.3 is 15.5 Å². The third-order valence-corrected chi connectivity index (χ3v) is 4.68. The first-order chi connectivity index (χ1) is 12.6. The molecule has 3 rings (SSSR count). The van der Waals surface area contributed by atoms with Crippen LogP contribution in [0.15, 0.2) is 36.5 Å². The number of benzene rings is 1. The summed E-state index contributed by atoms with van der Waals surface area (Å²) in [6, 6.07) is 9.18. The number of anilines is 1. The molecule has 8 heteroatoms. The van der Waals surface area contributed by atoms with Crippen molar-refractivity contribution in [3.8, 4) is 0 Å². The second-order valence-corrected chi connectivity index (χ2v) is 6.60. The average molecular weight is 356 g/mol. The average Bonchev–Trinajstić information content (AvgIpc) is 3.14. The van der Waals surface area contributed by atoms with Crippen LogP contribution in [-0.2, 0) is 22.7 Å². The Morgan fingerprint density at radius 3 is 2.77 bits per heavy atom. The third-order valence-electron chi connectivity index (χ3n) is 4.68. The Balaban J connectivity index is 1.61. The summed E-state index contributed by atoms with van der Waals surface area (Å²) in [4.78, 5) is 28.2. The van der Waals surface area contributed by atoms with Crippen LogP contribution >= 0.6 is 0 Å². The number of para-hydroxylation sites is 1. The van der Waals surface area contributed by atoms with Gasteiger partial charge in [0, 0.05) is 45.1 Å². The van der Waals surface area contributed by atoms with Gasteiger partial charge in [-0.2, -0.15) is 0 Å². The van der Waals surface area contributed by atoms with E-state index < -0.39 is 11.8 Å². The number of nitrogens with zero attached hydrogens (tertiary/aromatic N) is 5. The summed E-state index contributed by atoms with van der Waals surface area (Å²) in [5.74, 6) is -0.722. The molecular formula is C18H24N6O2. The summed E-state index contributed by atoms with van der Waals surface area (Å²) in [6.07, 6.45) is 3.69. The van der Waals surface area contributed by atoms with Gasteiger partial charge in [0.25, 0.3) is 0 Å². The topological polar surface area (TPSA) is 97.4 Å². The van der Waals surface area contributed by atoms with Crippen LogP contribution < -0.4 is 10.6 Å². The van der Waals surface area contributed by atoms with Crippen LogP contribution in [0.4, 0.5) is 5.69 Å². The predicted octanol–water partition coefficient (Wildman–Crippen LogP) is 0.638. The van der Waals surface area contributed by atoms with E-state index in [2.05, 4.69) is 10.3 Å². The fraction of sp³-hybridized carbons (Fsp3) is 0.444. The number of likely N-dealkylation sites (tertiary alicyclic amines) is 1. The molecule has 138 valence electrons. The number of hydrogen-bond acceptors (Lipinski definition) is 5. The van der Waals surface area contributed by atoms with Gasteiger partial charge in [0.05, 0.1) is 5.69 Å². The van der Waals surface area contributed by atoms with Gasteiger partial charge in [-0.25, -0.2) is 0 Å². The molecule has 0 saturated carbocycles. The molecule has 1 aromatic carbocycles. The van der Waals surface area contributed by atoms with Crippen molar-refractivity contribution in [1.82, 2.24) is 19.9 Å². The number of amides is 2. The standard InChI is InChI=1S/C18H24N6O2/c1-22(16-7-3-2-4-8-16)17(25)18(26)23-9-5-6-14(11-23)12-24-13-15(10-19)20-21-24/h2-4,7-8,13-14H,5-6,9-12,19H2,1H3. The number of likely N-dealkylation sites (N-methyl/N-ethyl adjacent to an activating group) is 1. The van der Waals surface area contributed by atoms with E-state index in [4.69, 9.17) is 5.73 Å². The lowest BCUT2D eigenvalue weighted by Crippen LogP contribution is -2.48. The highest BCUT2D eigenvalue weighted by molar-refractivity contribution is 6.40. The van der Waals surface area contributed by atoms with Crippen molar-refractivity contribution in [2.75, 3.05) is 25.0 Å². The quantitative estimate of drug-likeness (QED) is 0.811. The van der Waals surface area contributed by atoms with Gasteiger partial charge in [0.1, 0.15) is 0 Å².